The molecule has 0 aromatic heterocycles. The van der Waals surface area contributed by atoms with Crippen LogP contribution in [0.3, 0.4) is 0 Å². The van der Waals surface area contributed by atoms with Crippen molar-refractivity contribution < 1.29 is 5.11 Å². The largest absolute Gasteiger partial charge is 0.392 e. The van der Waals surface area contributed by atoms with Gasteiger partial charge in [0.15, 0.2) is 0 Å². The molecule has 0 radical (unpaired) electrons. The van der Waals surface area contributed by atoms with Crippen LogP contribution in [0.15, 0.2) is 54.1 Å². The number of benzene rings is 2. The summed E-state index contributed by atoms with van der Waals surface area (Å²) in [5.41, 5.74) is 2.61. The first-order valence-corrected chi connectivity index (χ1v) is 6.04. The van der Waals surface area contributed by atoms with E-state index in [-0.39, 0.29) is 6.61 Å². The summed E-state index contributed by atoms with van der Waals surface area (Å²) in [5.74, 6) is 0. The molecule has 2 rings (SSSR count). The number of rotatable bonds is 4. The summed E-state index contributed by atoms with van der Waals surface area (Å²) < 4.78 is 0. The monoisotopic (exact) mass is 226 g/mol. The van der Waals surface area contributed by atoms with Gasteiger partial charge in [-0.25, -0.2) is 0 Å². The molecule has 2 aromatic carbocycles. The third kappa shape index (κ3) is 3.18. The predicted octanol–water partition coefficient (Wildman–Crippen LogP) is 3.71. The highest BCUT2D eigenvalue weighted by atomic mass is 16.2. The molecule has 0 saturated carbocycles. The number of fused-ring (bicyclic) bond motifs is 1. The molecule has 0 fully saturated rings. The molecule has 0 aliphatic carbocycles. The highest BCUT2D eigenvalue weighted by Crippen LogP contribution is 2.17. The van der Waals surface area contributed by atoms with E-state index < -0.39 is 0 Å². The highest BCUT2D eigenvalue weighted by molar-refractivity contribution is 5.82. The first-order valence-electron chi connectivity index (χ1n) is 6.04. The third-order valence-electron chi connectivity index (χ3n) is 3.06. The molecule has 1 nitrogen and oxygen atoms in total. The maximum Gasteiger partial charge on any atom is 0.0614 e. The van der Waals surface area contributed by atoms with Gasteiger partial charge in [0.2, 0.25) is 0 Å². The van der Waals surface area contributed by atoms with E-state index in [2.05, 4.69) is 49.4 Å². The van der Waals surface area contributed by atoms with E-state index in [1.54, 1.807) is 0 Å². The van der Waals surface area contributed by atoms with E-state index in [1.807, 2.05) is 6.08 Å². The molecule has 0 atom stereocenters. The number of hydrogen-bond acceptors (Lipinski definition) is 1. The van der Waals surface area contributed by atoms with Crippen molar-refractivity contribution in [3.05, 3.63) is 59.7 Å². The van der Waals surface area contributed by atoms with Gasteiger partial charge in [-0.3, -0.25) is 0 Å². The van der Waals surface area contributed by atoms with Crippen molar-refractivity contribution in [1.29, 1.82) is 0 Å². The molecule has 0 bridgehead atoms. The Kier molecular flexibility index (Phi) is 3.94. The van der Waals surface area contributed by atoms with Crippen LogP contribution in [-0.4, -0.2) is 11.7 Å². The van der Waals surface area contributed by atoms with E-state index in [0.717, 1.165) is 12.8 Å². The molecule has 0 aliphatic heterocycles. The molecule has 0 heterocycles. The fraction of sp³-hybridized carbons (Fsp3) is 0.250. The number of hydrogen-bond donors (Lipinski definition) is 1. The van der Waals surface area contributed by atoms with Gasteiger partial charge in [-0.05, 0) is 36.1 Å². The standard InChI is InChI=1S/C16H18O/c1-13(10-11-17)6-7-14-8-9-15-4-2-3-5-16(15)12-14/h2-5,8-10,12,17H,6-7,11H2,1H3. The summed E-state index contributed by atoms with van der Waals surface area (Å²) in [4.78, 5) is 0. The van der Waals surface area contributed by atoms with Crippen molar-refractivity contribution in [3.63, 3.8) is 0 Å². The fourth-order valence-electron chi connectivity index (χ4n) is 1.99. The second kappa shape index (κ2) is 5.65. The van der Waals surface area contributed by atoms with Crippen molar-refractivity contribution in [2.45, 2.75) is 19.8 Å². The number of allylic oxidation sites excluding steroid dienone is 1. The molecule has 0 unspecified atom stereocenters. The second-order valence-corrected chi connectivity index (χ2v) is 4.41. The molecule has 2 aromatic rings. The van der Waals surface area contributed by atoms with Crippen LogP contribution in [0, 0.1) is 0 Å². The molecule has 1 heteroatoms. The first kappa shape index (κ1) is 11.9. The highest BCUT2D eigenvalue weighted by Gasteiger charge is 1.97. The Balaban J connectivity index is 2.12. The van der Waals surface area contributed by atoms with Crippen molar-refractivity contribution in [1.82, 2.24) is 0 Å². The van der Waals surface area contributed by atoms with Crippen LogP contribution in [0.1, 0.15) is 18.9 Å². The Morgan fingerprint density at radius 3 is 2.65 bits per heavy atom. The van der Waals surface area contributed by atoms with E-state index in [1.165, 1.54) is 21.9 Å². The van der Waals surface area contributed by atoms with Crippen molar-refractivity contribution in [2.75, 3.05) is 6.61 Å². The lowest BCUT2D eigenvalue weighted by Crippen LogP contribution is -1.88. The predicted molar refractivity (Wildman–Crippen MR) is 73.1 cm³/mol. The minimum absolute atomic E-state index is 0.142. The molecule has 0 saturated heterocycles. The van der Waals surface area contributed by atoms with Crippen LogP contribution < -0.4 is 0 Å². The molecule has 88 valence electrons. The average molecular weight is 226 g/mol. The molecular weight excluding hydrogens is 208 g/mol. The zero-order valence-corrected chi connectivity index (χ0v) is 10.2. The summed E-state index contributed by atoms with van der Waals surface area (Å²) in [6.07, 6.45) is 3.92. The van der Waals surface area contributed by atoms with Gasteiger partial charge in [0.05, 0.1) is 6.61 Å². The number of aryl methyl sites for hydroxylation is 1. The van der Waals surface area contributed by atoms with Crippen LogP contribution in [0.5, 0.6) is 0 Å². The average Bonchev–Trinajstić information content (AvgIpc) is 2.36. The lowest BCUT2D eigenvalue weighted by molar-refractivity contribution is 0.341. The van der Waals surface area contributed by atoms with E-state index >= 15 is 0 Å². The SMILES string of the molecule is CC(=CCO)CCc1ccc2ccccc2c1. The van der Waals surface area contributed by atoms with Gasteiger partial charge < -0.3 is 5.11 Å². The van der Waals surface area contributed by atoms with Gasteiger partial charge in [-0.2, -0.15) is 0 Å². The van der Waals surface area contributed by atoms with Crippen molar-refractivity contribution in [3.8, 4) is 0 Å². The third-order valence-corrected chi connectivity index (χ3v) is 3.06. The van der Waals surface area contributed by atoms with E-state index in [4.69, 9.17) is 5.11 Å². The summed E-state index contributed by atoms with van der Waals surface area (Å²) >= 11 is 0. The Morgan fingerprint density at radius 1 is 1.12 bits per heavy atom. The van der Waals surface area contributed by atoms with Gasteiger partial charge in [0, 0.05) is 0 Å². The van der Waals surface area contributed by atoms with Crippen LogP contribution >= 0.6 is 0 Å². The van der Waals surface area contributed by atoms with Crippen LogP contribution in [0.4, 0.5) is 0 Å². The van der Waals surface area contributed by atoms with Crippen molar-refractivity contribution in [2.24, 2.45) is 0 Å². The molecule has 17 heavy (non-hydrogen) atoms. The fourth-order valence-corrected chi connectivity index (χ4v) is 1.99. The van der Waals surface area contributed by atoms with Crippen LogP contribution in [0.25, 0.3) is 10.8 Å². The van der Waals surface area contributed by atoms with Gasteiger partial charge in [0.1, 0.15) is 0 Å². The Labute approximate surface area is 102 Å². The Morgan fingerprint density at radius 2 is 1.88 bits per heavy atom. The smallest absolute Gasteiger partial charge is 0.0614 e. The van der Waals surface area contributed by atoms with E-state index in [9.17, 15) is 0 Å². The minimum atomic E-state index is 0.142. The molecule has 0 amide bonds. The zero-order valence-electron chi connectivity index (χ0n) is 10.2. The normalized spacial score (nSPS) is 12.0. The summed E-state index contributed by atoms with van der Waals surface area (Å²) in [6.45, 7) is 2.21. The lowest BCUT2D eigenvalue weighted by atomic mass is 10.0. The van der Waals surface area contributed by atoms with Crippen molar-refractivity contribution >= 4 is 10.8 Å². The maximum absolute atomic E-state index is 8.80. The van der Waals surface area contributed by atoms with Crippen LogP contribution in [0.2, 0.25) is 0 Å². The molecular formula is C16H18O. The molecule has 0 spiro atoms. The van der Waals surface area contributed by atoms with E-state index in [0.29, 0.717) is 0 Å². The van der Waals surface area contributed by atoms with Crippen LogP contribution in [-0.2, 0) is 6.42 Å². The first-order chi connectivity index (χ1) is 8.29. The second-order valence-electron chi connectivity index (χ2n) is 4.41. The number of aliphatic hydroxyl groups is 1. The maximum atomic E-state index is 8.80. The van der Waals surface area contributed by atoms with Gasteiger partial charge in [-0.1, -0.05) is 54.1 Å². The van der Waals surface area contributed by atoms with Gasteiger partial charge >= 0.3 is 0 Å². The topological polar surface area (TPSA) is 20.2 Å². The van der Waals surface area contributed by atoms with Gasteiger partial charge in [-0.15, -0.1) is 0 Å². The lowest BCUT2D eigenvalue weighted by Gasteiger charge is -2.04. The zero-order chi connectivity index (χ0) is 12.1. The summed E-state index contributed by atoms with van der Waals surface area (Å²) in [7, 11) is 0. The molecule has 1 N–H and O–H groups in total. The quantitative estimate of drug-likeness (QED) is 0.788. The number of aliphatic hydroxyl groups excluding tert-OH is 1. The summed E-state index contributed by atoms with van der Waals surface area (Å²) in [5, 5.41) is 11.4. The Bertz CT molecular complexity index is 526. The Hall–Kier alpha value is -1.60. The molecule has 0 aliphatic rings. The minimum Gasteiger partial charge on any atom is -0.392 e. The summed E-state index contributed by atoms with van der Waals surface area (Å²) in [6, 6.07) is 15.0. The van der Waals surface area contributed by atoms with Gasteiger partial charge in [0.25, 0.3) is 0 Å².